The SMILES string of the molecule is CCC(C)(C)c1ccc(OCC(=O)Nc2cccc(C(=O)NC3=NN(c4c(Cl)cc(Cl)cc4Cl)C(=O)C3SCC(N)=O)c2)c(C(C)(C)CC)c1. The van der Waals surface area contributed by atoms with Crippen LogP contribution in [0.2, 0.25) is 15.1 Å². The molecule has 3 aromatic carbocycles. The van der Waals surface area contributed by atoms with E-state index in [-0.39, 0.29) is 55.3 Å². The van der Waals surface area contributed by atoms with Crippen molar-refractivity contribution in [3.05, 3.63) is 86.4 Å². The summed E-state index contributed by atoms with van der Waals surface area (Å²) < 4.78 is 6.05. The van der Waals surface area contributed by atoms with E-state index in [2.05, 4.69) is 63.3 Å². The topological polar surface area (TPSA) is 143 Å². The third-order valence-corrected chi connectivity index (χ3v) is 10.7. The normalized spacial score (nSPS) is 14.7. The van der Waals surface area contributed by atoms with E-state index in [9.17, 15) is 19.2 Å². The van der Waals surface area contributed by atoms with E-state index >= 15 is 0 Å². The molecule has 1 aliphatic rings. The molecule has 4 N–H and O–H groups in total. The largest absolute Gasteiger partial charge is 0.483 e. The van der Waals surface area contributed by atoms with Gasteiger partial charge in [-0.1, -0.05) is 94.5 Å². The van der Waals surface area contributed by atoms with Crippen LogP contribution in [0.3, 0.4) is 0 Å². The Labute approximate surface area is 311 Å². The number of primary amides is 1. The highest BCUT2D eigenvalue weighted by Crippen LogP contribution is 2.40. The zero-order valence-corrected chi connectivity index (χ0v) is 31.7. The Hall–Kier alpha value is -3.77. The first-order valence-corrected chi connectivity index (χ1v) is 18.1. The first kappa shape index (κ1) is 39.0. The second-order valence-electron chi connectivity index (χ2n) is 13.1. The van der Waals surface area contributed by atoms with Gasteiger partial charge in [0.25, 0.3) is 17.7 Å². The number of benzene rings is 3. The molecule has 0 aromatic heterocycles. The maximum absolute atomic E-state index is 13.4. The van der Waals surface area contributed by atoms with E-state index in [0.29, 0.717) is 11.4 Å². The average Bonchev–Trinajstić information content (AvgIpc) is 3.35. The van der Waals surface area contributed by atoms with E-state index in [1.165, 1.54) is 29.8 Å². The molecule has 0 saturated carbocycles. The molecule has 10 nitrogen and oxygen atoms in total. The van der Waals surface area contributed by atoms with Crippen LogP contribution in [0, 0.1) is 0 Å². The van der Waals surface area contributed by atoms with Gasteiger partial charge in [-0.15, -0.1) is 16.9 Å². The predicted octanol–water partition coefficient (Wildman–Crippen LogP) is 7.72. The molecule has 0 saturated heterocycles. The van der Waals surface area contributed by atoms with Crippen molar-refractivity contribution in [3.63, 3.8) is 0 Å². The van der Waals surface area contributed by atoms with Crippen LogP contribution < -0.4 is 26.1 Å². The lowest BCUT2D eigenvalue weighted by atomic mass is 9.76. The van der Waals surface area contributed by atoms with Gasteiger partial charge in [-0.05, 0) is 65.6 Å². The zero-order chi connectivity index (χ0) is 37.0. The zero-order valence-electron chi connectivity index (χ0n) is 28.7. The quantitative estimate of drug-likeness (QED) is 0.163. The number of hydrogen-bond acceptors (Lipinski definition) is 7. The lowest BCUT2D eigenvalue weighted by Crippen LogP contribution is -2.39. The molecule has 14 heteroatoms. The predicted molar refractivity (Wildman–Crippen MR) is 203 cm³/mol. The first-order chi connectivity index (χ1) is 23.5. The molecule has 3 aromatic rings. The van der Waals surface area contributed by atoms with Crippen LogP contribution in [-0.4, -0.2) is 47.1 Å². The molecule has 0 aliphatic carbocycles. The monoisotopic (exact) mass is 759 g/mol. The fourth-order valence-corrected chi connectivity index (χ4v) is 6.82. The molecule has 1 unspecified atom stereocenters. The Kier molecular flexibility index (Phi) is 12.5. The summed E-state index contributed by atoms with van der Waals surface area (Å²) in [7, 11) is 0. The van der Waals surface area contributed by atoms with Gasteiger partial charge in [-0.25, -0.2) is 0 Å². The number of anilines is 2. The molecule has 4 rings (SSSR count). The second-order valence-corrected chi connectivity index (χ2v) is 15.4. The van der Waals surface area contributed by atoms with E-state index < -0.39 is 28.9 Å². The molecular weight excluding hydrogens is 721 g/mol. The summed E-state index contributed by atoms with van der Waals surface area (Å²) in [5.41, 5.74) is 7.96. The smallest absolute Gasteiger partial charge is 0.268 e. The minimum atomic E-state index is -1.10. The number of nitrogens with one attached hydrogen (secondary N) is 2. The maximum Gasteiger partial charge on any atom is 0.268 e. The molecule has 0 radical (unpaired) electrons. The highest BCUT2D eigenvalue weighted by molar-refractivity contribution is 8.02. The summed E-state index contributed by atoms with van der Waals surface area (Å²) in [6.45, 7) is 12.8. The molecule has 1 aliphatic heterocycles. The van der Waals surface area contributed by atoms with Crippen LogP contribution in [0.1, 0.15) is 75.9 Å². The molecule has 50 heavy (non-hydrogen) atoms. The summed E-state index contributed by atoms with van der Waals surface area (Å²) >= 11 is 19.6. The molecule has 1 atom stereocenters. The highest BCUT2D eigenvalue weighted by atomic mass is 35.5. The Morgan fingerprint density at radius 3 is 2.22 bits per heavy atom. The van der Waals surface area contributed by atoms with E-state index in [4.69, 9.17) is 45.3 Å². The fraction of sp³-hybridized carbons (Fsp3) is 0.361. The van der Waals surface area contributed by atoms with Crippen molar-refractivity contribution in [3.8, 4) is 5.75 Å². The number of thioether (sulfide) groups is 1. The van der Waals surface area contributed by atoms with Gasteiger partial charge >= 0.3 is 0 Å². The van der Waals surface area contributed by atoms with Gasteiger partial charge in [0.1, 0.15) is 16.7 Å². The van der Waals surface area contributed by atoms with Gasteiger partial charge in [0.15, 0.2) is 12.4 Å². The lowest BCUT2D eigenvalue weighted by Gasteiger charge is -2.30. The van der Waals surface area contributed by atoms with E-state index in [1.54, 1.807) is 12.1 Å². The number of hydrogen-bond donors (Lipinski definition) is 3. The summed E-state index contributed by atoms with van der Waals surface area (Å²) in [6, 6.07) is 15.2. The number of nitrogens with two attached hydrogens (primary N) is 1. The summed E-state index contributed by atoms with van der Waals surface area (Å²) in [5.74, 6) is -1.94. The number of nitrogens with zero attached hydrogens (tertiary/aromatic N) is 2. The summed E-state index contributed by atoms with van der Waals surface area (Å²) in [5, 5.41) is 9.94. The van der Waals surface area contributed by atoms with Crippen LogP contribution in [0.5, 0.6) is 5.75 Å². The number of carbonyl (C=O) groups excluding carboxylic acids is 4. The van der Waals surface area contributed by atoms with Gasteiger partial charge in [0, 0.05) is 21.8 Å². The number of hydrazone groups is 1. The van der Waals surface area contributed by atoms with Crippen molar-refractivity contribution in [2.24, 2.45) is 10.8 Å². The van der Waals surface area contributed by atoms with Gasteiger partial charge in [0.2, 0.25) is 5.91 Å². The third kappa shape index (κ3) is 9.11. The van der Waals surface area contributed by atoms with Crippen molar-refractivity contribution < 1.29 is 23.9 Å². The Morgan fingerprint density at radius 1 is 0.940 bits per heavy atom. The Balaban J connectivity index is 1.50. The van der Waals surface area contributed by atoms with Gasteiger partial charge in [-0.2, -0.15) is 5.01 Å². The Morgan fingerprint density at radius 2 is 1.60 bits per heavy atom. The molecule has 0 spiro atoms. The standard InChI is InChI=1S/C36H40Cl3N5O5S/c1-7-35(3,4)21-12-13-27(24(15-21)36(5,6)8-2)49-18-29(46)41-23-11-9-10-20(14-23)33(47)42-32-31(50-19-28(40)45)34(48)44(43-32)30-25(38)16-22(37)17-26(30)39/h9-17,31H,7-8,18-19H2,1-6H3,(H2,40,45)(H,41,46)(H,42,43,47). The average molecular weight is 761 g/mol. The van der Waals surface area contributed by atoms with Crippen molar-refractivity contribution in [1.29, 1.82) is 0 Å². The molecule has 4 amide bonds. The van der Waals surface area contributed by atoms with Crippen molar-refractivity contribution >= 4 is 87.4 Å². The minimum Gasteiger partial charge on any atom is -0.483 e. The van der Waals surface area contributed by atoms with Crippen molar-refractivity contribution in [2.45, 2.75) is 70.5 Å². The third-order valence-electron chi connectivity index (χ3n) is 8.74. The van der Waals surface area contributed by atoms with Crippen LogP contribution in [0.25, 0.3) is 0 Å². The maximum atomic E-state index is 13.4. The summed E-state index contributed by atoms with van der Waals surface area (Å²) in [6.07, 6.45) is 1.86. The molecular formula is C36H40Cl3N5O5S. The second kappa shape index (κ2) is 16.1. The van der Waals surface area contributed by atoms with Gasteiger partial charge < -0.3 is 21.1 Å². The Bertz CT molecular complexity index is 1830. The van der Waals surface area contributed by atoms with Crippen LogP contribution in [-0.2, 0) is 25.2 Å². The number of amides is 4. The molecule has 1 heterocycles. The van der Waals surface area contributed by atoms with Crippen LogP contribution >= 0.6 is 46.6 Å². The van der Waals surface area contributed by atoms with Gasteiger partial charge in [-0.3, -0.25) is 19.2 Å². The number of carbonyl (C=O) groups is 4. The van der Waals surface area contributed by atoms with Crippen molar-refractivity contribution in [2.75, 3.05) is 22.7 Å². The van der Waals surface area contributed by atoms with Crippen molar-refractivity contribution in [1.82, 2.24) is 5.32 Å². The highest BCUT2D eigenvalue weighted by Gasteiger charge is 2.40. The summed E-state index contributed by atoms with van der Waals surface area (Å²) in [4.78, 5) is 51.4. The molecule has 0 bridgehead atoms. The van der Waals surface area contributed by atoms with Gasteiger partial charge in [0.05, 0.1) is 15.8 Å². The minimum absolute atomic E-state index is 0.00748. The lowest BCUT2D eigenvalue weighted by molar-refractivity contribution is -0.118. The van der Waals surface area contributed by atoms with Crippen LogP contribution in [0.15, 0.2) is 59.7 Å². The van der Waals surface area contributed by atoms with E-state index in [0.717, 1.165) is 35.2 Å². The number of rotatable bonds is 13. The first-order valence-electron chi connectivity index (χ1n) is 15.9. The van der Waals surface area contributed by atoms with Crippen LogP contribution in [0.4, 0.5) is 11.4 Å². The molecule has 266 valence electrons. The van der Waals surface area contributed by atoms with E-state index in [1.807, 2.05) is 12.1 Å². The molecule has 0 fully saturated rings. The fourth-order valence-electron chi connectivity index (χ4n) is 5.01. The number of ether oxygens (including phenoxy) is 1. The number of halogens is 3. The number of amidine groups is 1.